The van der Waals surface area contributed by atoms with E-state index in [1.165, 1.54) is 12.8 Å². The van der Waals surface area contributed by atoms with Crippen LogP contribution in [-0.4, -0.2) is 23.9 Å². The van der Waals surface area contributed by atoms with E-state index >= 15 is 0 Å². The number of nitrogens with two attached hydrogens (primary N) is 1. The van der Waals surface area contributed by atoms with E-state index in [9.17, 15) is 4.79 Å². The zero-order valence-corrected chi connectivity index (χ0v) is 10.9. The molecule has 0 aromatic heterocycles. The molecule has 17 heavy (non-hydrogen) atoms. The standard InChI is InChI=1S/C13H17ClN2O/c1-8(9-6-7-9)16(2)13(17)10-4-3-5-11(14)12(10)15/h3-5,8-9H,6-7,15H2,1-2H3. The maximum atomic E-state index is 12.3. The molecule has 1 aliphatic rings. The molecule has 4 heteroatoms. The van der Waals surface area contributed by atoms with Crippen molar-refractivity contribution in [2.24, 2.45) is 5.92 Å². The third-order valence-corrected chi connectivity index (χ3v) is 3.85. The van der Waals surface area contributed by atoms with Gasteiger partial charge in [-0.25, -0.2) is 0 Å². The second kappa shape index (κ2) is 4.57. The van der Waals surface area contributed by atoms with Crippen LogP contribution in [0.5, 0.6) is 0 Å². The first kappa shape index (κ1) is 12.2. The summed E-state index contributed by atoms with van der Waals surface area (Å²) in [5, 5.41) is 0.434. The molecule has 2 N–H and O–H groups in total. The third-order valence-electron chi connectivity index (χ3n) is 3.52. The lowest BCUT2D eigenvalue weighted by molar-refractivity contribution is 0.0728. The number of rotatable bonds is 3. The molecule has 1 saturated carbocycles. The predicted octanol–water partition coefficient (Wildman–Crippen LogP) is 2.79. The molecule has 0 saturated heterocycles. The lowest BCUT2D eigenvalue weighted by atomic mass is 10.1. The number of amides is 1. The Kier molecular flexibility index (Phi) is 3.29. The van der Waals surface area contributed by atoms with E-state index in [1.54, 1.807) is 23.1 Å². The lowest BCUT2D eigenvalue weighted by Crippen LogP contribution is -2.36. The average molecular weight is 253 g/mol. The Morgan fingerprint density at radius 2 is 2.18 bits per heavy atom. The fourth-order valence-electron chi connectivity index (χ4n) is 1.99. The van der Waals surface area contributed by atoms with Crippen molar-refractivity contribution < 1.29 is 4.79 Å². The van der Waals surface area contributed by atoms with Crippen LogP contribution in [0.15, 0.2) is 18.2 Å². The number of hydrogen-bond acceptors (Lipinski definition) is 2. The van der Waals surface area contributed by atoms with Crippen LogP contribution < -0.4 is 5.73 Å². The molecule has 0 bridgehead atoms. The van der Waals surface area contributed by atoms with Gasteiger partial charge in [-0.15, -0.1) is 0 Å². The van der Waals surface area contributed by atoms with Gasteiger partial charge in [0.15, 0.2) is 0 Å². The molecule has 1 aliphatic carbocycles. The van der Waals surface area contributed by atoms with E-state index < -0.39 is 0 Å². The summed E-state index contributed by atoms with van der Waals surface area (Å²) >= 11 is 5.92. The molecule has 2 rings (SSSR count). The maximum Gasteiger partial charge on any atom is 0.255 e. The topological polar surface area (TPSA) is 46.3 Å². The van der Waals surface area contributed by atoms with Crippen LogP contribution in [0.2, 0.25) is 5.02 Å². The molecule has 1 fully saturated rings. The molecule has 1 amide bonds. The molecule has 0 heterocycles. The quantitative estimate of drug-likeness (QED) is 0.841. The number of para-hydroxylation sites is 1. The van der Waals surface area contributed by atoms with Gasteiger partial charge in [-0.1, -0.05) is 17.7 Å². The van der Waals surface area contributed by atoms with Crippen LogP contribution in [-0.2, 0) is 0 Å². The number of hydrogen-bond donors (Lipinski definition) is 1. The van der Waals surface area contributed by atoms with Crippen molar-refractivity contribution >= 4 is 23.2 Å². The first-order valence-corrected chi connectivity index (χ1v) is 6.21. The van der Waals surface area contributed by atoms with Gasteiger partial charge in [-0.3, -0.25) is 4.79 Å². The molecule has 92 valence electrons. The molecule has 0 radical (unpaired) electrons. The summed E-state index contributed by atoms with van der Waals surface area (Å²) in [7, 11) is 1.83. The first-order chi connectivity index (χ1) is 8.02. The fraction of sp³-hybridized carbons (Fsp3) is 0.462. The van der Waals surface area contributed by atoms with Gasteiger partial charge in [0.2, 0.25) is 0 Å². The third kappa shape index (κ3) is 2.39. The minimum Gasteiger partial charge on any atom is -0.397 e. The maximum absolute atomic E-state index is 12.3. The highest BCUT2D eigenvalue weighted by molar-refractivity contribution is 6.33. The first-order valence-electron chi connectivity index (χ1n) is 5.83. The Bertz CT molecular complexity index is 443. The highest BCUT2D eigenvalue weighted by Gasteiger charge is 2.33. The van der Waals surface area contributed by atoms with Gasteiger partial charge in [-0.2, -0.15) is 0 Å². The Balaban J connectivity index is 2.21. The largest absolute Gasteiger partial charge is 0.397 e. The average Bonchev–Trinajstić information content (AvgIpc) is 3.14. The van der Waals surface area contributed by atoms with Crippen LogP contribution >= 0.6 is 11.6 Å². The molecular weight excluding hydrogens is 236 g/mol. The van der Waals surface area contributed by atoms with Gasteiger partial charge >= 0.3 is 0 Å². The van der Waals surface area contributed by atoms with Crippen molar-refractivity contribution in [2.75, 3.05) is 12.8 Å². The van der Waals surface area contributed by atoms with Crippen LogP contribution in [0.1, 0.15) is 30.1 Å². The van der Waals surface area contributed by atoms with Gasteiger partial charge in [0.05, 0.1) is 16.3 Å². The van der Waals surface area contributed by atoms with Crippen molar-refractivity contribution in [1.29, 1.82) is 0 Å². The van der Waals surface area contributed by atoms with Gasteiger partial charge in [0.1, 0.15) is 0 Å². The number of nitrogen functional groups attached to an aromatic ring is 1. The lowest BCUT2D eigenvalue weighted by Gasteiger charge is -2.25. The van der Waals surface area contributed by atoms with Gasteiger partial charge < -0.3 is 10.6 Å². The number of anilines is 1. The van der Waals surface area contributed by atoms with E-state index in [4.69, 9.17) is 17.3 Å². The predicted molar refractivity (Wildman–Crippen MR) is 70.1 cm³/mol. The summed E-state index contributed by atoms with van der Waals surface area (Å²) in [6, 6.07) is 5.43. The number of carbonyl (C=O) groups is 1. The van der Waals surface area contributed by atoms with E-state index in [1.807, 2.05) is 7.05 Å². The van der Waals surface area contributed by atoms with E-state index in [2.05, 4.69) is 6.92 Å². The van der Waals surface area contributed by atoms with Crippen LogP contribution in [0.4, 0.5) is 5.69 Å². The summed E-state index contributed by atoms with van der Waals surface area (Å²) in [5.74, 6) is 0.591. The second-order valence-electron chi connectivity index (χ2n) is 4.70. The van der Waals surface area contributed by atoms with Gasteiger partial charge in [0.25, 0.3) is 5.91 Å². The summed E-state index contributed by atoms with van der Waals surface area (Å²) in [5.41, 5.74) is 6.70. The molecule has 1 aromatic carbocycles. The van der Waals surface area contributed by atoms with Crippen molar-refractivity contribution in [3.05, 3.63) is 28.8 Å². The summed E-state index contributed by atoms with van der Waals surface area (Å²) in [6.45, 7) is 2.08. The molecule has 0 spiro atoms. The Labute approximate surface area is 107 Å². The summed E-state index contributed by atoms with van der Waals surface area (Å²) < 4.78 is 0. The Morgan fingerprint density at radius 1 is 1.53 bits per heavy atom. The molecule has 0 aliphatic heterocycles. The van der Waals surface area contributed by atoms with Crippen molar-refractivity contribution in [3.8, 4) is 0 Å². The zero-order chi connectivity index (χ0) is 12.6. The van der Waals surface area contributed by atoms with Crippen LogP contribution in [0, 0.1) is 5.92 Å². The van der Waals surface area contributed by atoms with Crippen molar-refractivity contribution in [2.45, 2.75) is 25.8 Å². The Morgan fingerprint density at radius 3 is 2.76 bits per heavy atom. The highest BCUT2D eigenvalue weighted by Crippen LogP contribution is 2.35. The van der Waals surface area contributed by atoms with Crippen LogP contribution in [0.3, 0.4) is 0 Å². The second-order valence-corrected chi connectivity index (χ2v) is 5.10. The zero-order valence-electron chi connectivity index (χ0n) is 10.1. The van der Waals surface area contributed by atoms with Crippen molar-refractivity contribution in [3.63, 3.8) is 0 Å². The monoisotopic (exact) mass is 252 g/mol. The molecule has 1 aromatic rings. The molecule has 1 unspecified atom stereocenters. The molecular formula is C13H17ClN2O. The minimum atomic E-state index is -0.0515. The number of carbonyl (C=O) groups excluding carboxylic acids is 1. The Hall–Kier alpha value is -1.22. The summed E-state index contributed by atoms with van der Waals surface area (Å²) in [6.07, 6.45) is 2.42. The normalized spacial score (nSPS) is 16.6. The number of benzene rings is 1. The molecule has 1 atom stereocenters. The van der Waals surface area contributed by atoms with Crippen molar-refractivity contribution in [1.82, 2.24) is 4.90 Å². The SMILES string of the molecule is CC(C1CC1)N(C)C(=O)c1cccc(Cl)c1N. The summed E-state index contributed by atoms with van der Waals surface area (Å²) in [4.78, 5) is 14.0. The van der Waals surface area contributed by atoms with E-state index in [0.717, 1.165) is 0 Å². The highest BCUT2D eigenvalue weighted by atomic mass is 35.5. The van der Waals surface area contributed by atoms with E-state index in [-0.39, 0.29) is 11.9 Å². The molecule has 3 nitrogen and oxygen atoms in total. The van der Waals surface area contributed by atoms with E-state index in [0.29, 0.717) is 22.2 Å². The number of nitrogens with zero attached hydrogens (tertiary/aromatic N) is 1. The van der Waals surface area contributed by atoms with Gasteiger partial charge in [0, 0.05) is 13.1 Å². The fourth-order valence-corrected chi connectivity index (χ4v) is 2.17. The van der Waals surface area contributed by atoms with Crippen LogP contribution in [0.25, 0.3) is 0 Å². The number of halogens is 1. The smallest absolute Gasteiger partial charge is 0.255 e. The van der Waals surface area contributed by atoms with Gasteiger partial charge in [-0.05, 0) is 37.8 Å². The minimum absolute atomic E-state index is 0.0515.